The zero-order valence-corrected chi connectivity index (χ0v) is 11.4. The smallest absolute Gasteiger partial charge is 0.232 e. The molecular formula is C15H21NO2. The third-order valence-corrected chi connectivity index (χ3v) is 3.71. The van der Waals surface area contributed by atoms with Crippen molar-refractivity contribution >= 4 is 5.91 Å². The third-order valence-electron chi connectivity index (χ3n) is 3.71. The van der Waals surface area contributed by atoms with Crippen LogP contribution in [0, 0.1) is 0 Å². The number of carbonyl (C=O) groups excluding carboxylic acids is 1. The Morgan fingerprint density at radius 1 is 1.22 bits per heavy atom. The minimum Gasteiger partial charge on any atom is -0.496 e. The van der Waals surface area contributed by atoms with Gasteiger partial charge in [-0.1, -0.05) is 18.2 Å². The standard InChI is InChI=1S/C15H21NO2/c1-15(2,14(17)16-10-6-7-11-16)12-8-4-5-9-13(12)18-3/h4-5,8-9H,6-7,10-11H2,1-3H3. The first-order valence-electron chi connectivity index (χ1n) is 6.50. The van der Waals surface area contributed by atoms with E-state index in [0.29, 0.717) is 0 Å². The summed E-state index contributed by atoms with van der Waals surface area (Å²) in [4.78, 5) is 14.6. The van der Waals surface area contributed by atoms with Crippen LogP contribution in [0.1, 0.15) is 32.3 Å². The summed E-state index contributed by atoms with van der Waals surface area (Å²) in [6.07, 6.45) is 2.24. The first-order chi connectivity index (χ1) is 8.57. The molecule has 1 aliphatic rings. The second-order valence-electron chi connectivity index (χ2n) is 5.32. The van der Waals surface area contributed by atoms with E-state index >= 15 is 0 Å². The van der Waals surface area contributed by atoms with Crippen molar-refractivity contribution in [3.05, 3.63) is 29.8 Å². The third kappa shape index (κ3) is 2.22. The van der Waals surface area contributed by atoms with E-state index in [1.165, 1.54) is 0 Å². The van der Waals surface area contributed by atoms with Crippen LogP contribution in [0.4, 0.5) is 0 Å². The molecule has 0 aliphatic carbocycles. The summed E-state index contributed by atoms with van der Waals surface area (Å²) in [6.45, 7) is 5.73. The Labute approximate surface area is 109 Å². The zero-order valence-electron chi connectivity index (χ0n) is 11.4. The van der Waals surface area contributed by atoms with Crippen molar-refractivity contribution in [3.8, 4) is 5.75 Å². The van der Waals surface area contributed by atoms with E-state index < -0.39 is 5.41 Å². The van der Waals surface area contributed by atoms with E-state index in [0.717, 1.165) is 37.2 Å². The molecule has 0 radical (unpaired) electrons. The molecule has 0 aromatic heterocycles. The molecule has 1 aliphatic heterocycles. The SMILES string of the molecule is COc1ccccc1C(C)(C)C(=O)N1CCCC1. The molecule has 1 aromatic rings. The van der Waals surface area contributed by atoms with Crippen LogP contribution in [0.25, 0.3) is 0 Å². The fraction of sp³-hybridized carbons (Fsp3) is 0.533. The quantitative estimate of drug-likeness (QED) is 0.821. The minimum absolute atomic E-state index is 0.199. The molecule has 3 nitrogen and oxygen atoms in total. The maximum absolute atomic E-state index is 12.6. The van der Waals surface area contributed by atoms with Crippen molar-refractivity contribution in [2.75, 3.05) is 20.2 Å². The highest BCUT2D eigenvalue weighted by atomic mass is 16.5. The molecule has 0 N–H and O–H groups in total. The van der Waals surface area contributed by atoms with Crippen molar-refractivity contribution in [3.63, 3.8) is 0 Å². The summed E-state index contributed by atoms with van der Waals surface area (Å²) < 4.78 is 5.37. The van der Waals surface area contributed by atoms with Crippen molar-refractivity contribution in [1.82, 2.24) is 4.90 Å². The largest absolute Gasteiger partial charge is 0.496 e. The van der Waals surface area contributed by atoms with Gasteiger partial charge in [0.25, 0.3) is 0 Å². The van der Waals surface area contributed by atoms with Gasteiger partial charge in [-0.05, 0) is 32.8 Å². The molecular weight excluding hydrogens is 226 g/mol. The number of benzene rings is 1. The highest BCUT2D eigenvalue weighted by molar-refractivity contribution is 5.88. The summed E-state index contributed by atoms with van der Waals surface area (Å²) in [5, 5.41) is 0. The molecule has 2 rings (SSSR count). The molecule has 98 valence electrons. The second-order valence-corrected chi connectivity index (χ2v) is 5.32. The maximum atomic E-state index is 12.6. The summed E-state index contributed by atoms with van der Waals surface area (Å²) in [5.41, 5.74) is 0.432. The predicted octanol–water partition coefficient (Wildman–Crippen LogP) is 2.60. The van der Waals surface area contributed by atoms with Gasteiger partial charge in [0.05, 0.1) is 12.5 Å². The first-order valence-corrected chi connectivity index (χ1v) is 6.50. The fourth-order valence-corrected chi connectivity index (χ4v) is 2.59. The maximum Gasteiger partial charge on any atom is 0.232 e. The van der Waals surface area contributed by atoms with Gasteiger partial charge in [-0.2, -0.15) is 0 Å². The van der Waals surface area contributed by atoms with Gasteiger partial charge in [0, 0.05) is 18.7 Å². The number of hydrogen-bond donors (Lipinski definition) is 0. The average Bonchev–Trinajstić information content (AvgIpc) is 2.91. The predicted molar refractivity (Wildman–Crippen MR) is 71.8 cm³/mol. The molecule has 0 saturated carbocycles. The molecule has 1 fully saturated rings. The summed E-state index contributed by atoms with van der Waals surface area (Å²) in [6, 6.07) is 7.77. The molecule has 1 heterocycles. The Kier molecular flexibility index (Phi) is 3.60. The number of rotatable bonds is 3. The van der Waals surface area contributed by atoms with Crippen LogP contribution in [0.15, 0.2) is 24.3 Å². The number of nitrogens with zero attached hydrogens (tertiary/aromatic N) is 1. The lowest BCUT2D eigenvalue weighted by atomic mass is 9.82. The number of methoxy groups -OCH3 is 1. The number of amides is 1. The number of para-hydroxylation sites is 1. The molecule has 1 amide bonds. The van der Waals surface area contributed by atoms with Gasteiger partial charge in [-0.3, -0.25) is 4.79 Å². The minimum atomic E-state index is -0.531. The number of ether oxygens (including phenoxy) is 1. The Hall–Kier alpha value is -1.51. The normalized spacial score (nSPS) is 15.8. The Balaban J connectivity index is 2.31. The van der Waals surface area contributed by atoms with Crippen molar-refractivity contribution in [2.24, 2.45) is 0 Å². The van der Waals surface area contributed by atoms with Crippen LogP contribution in [0.2, 0.25) is 0 Å². The van der Waals surface area contributed by atoms with E-state index in [4.69, 9.17) is 4.74 Å². The van der Waals surface area contributed by atoms with E-state index in [2.05, 4.69) is 0 Å². The lowest BCUT2D eigenvalue weighted by Gasteiger charge is -2.30. The van der Waals surface area contributed by atoms with Gasteiger partial charge in [-0.15, -0.1) is 0 Å². The van der Waals surface area contributed by atoms with Crippen LogP contribution in [-0.4, -0.2) is 31.0 Å². The van der Waals surface area contributed by atoms with Gasteiger partial charge >= 0.3 is 0 Å². The van der Waals surface area contributed by atoms with Crippen LogP contribution in [0.5, 0.6) is 5.75 Å². The first kappa shape index (κ1) is 12.9. The van der Waals surface area contributed by atoms with Crippen molar-refractivity contribution in [2.45, 2.75) is 32.1 Å². The summed E-state index contributed by atoms with van der Waals surface area (Å²) in [5.74, 6) is 0.986. The van der Waals surface area contributed by atoms with Crippen LogP contribution in [0.3, 0.4) is 0 Å². The summed E-state index contributed by atoms with van der Waals surface area (Å²) >= 11 is 0. The van der Waals surface area contributed by atoms with E-state index in [1.807, 2.05) is 43.0 Å². The second kappa shape index (κ2) is 5.01. The van der Waals surface area contributed by atoms with Crippen molar-refractivity contribution in [1.29, 1.82) is 0 Å². The fourth-order valence-electron chi connectivity index (χ4n) is 2.59. The van der Waals surface area contributed by atoms with Gasteiger partial charge in [-0.25, -0.2) is 0 Å². The van der Waals surface area contributed by atoms with Gasteiger partial charge < -0.3 is 9.64 Å². The van der Waals surface area contributed by atoms with Gasteiger partial charge in [0.1, 0.15) is 5.75 Å². The average molecular weight is 247 g/mol. The van der Waals surface area contributed by atoms with Crippen molar-refractivity contribution < 1.29 is 9.53 Å². The van der Waals surface area contributed by atoms with Crippen LogP contribution < -0.4 is 4.74 Å². The molecule has 1 saturated heterocycles. The van der Waals surface area contributed by atoms with E-state index in [1.54, 1.807) is 7.11 Å². The lowest BCUT2D eigenvalue weighted by molar-refractivity contribution is -0.135. The molecule has 0 bridgehead atoms. The molecule has 0 unspecified atom stereocenters. The lowest BCUT2D eigenvalue weighted by Crippen LogP contribution is -2.42. The number of carbonyl (C=O) groups is 1. The molecule has 1 aromatic carbocycles. The molecule has 3 heteroatoms. The molecule has 0 atom stereocenters. The monoisotopic (exact) mass is 247 g/mol. The Morgan fingerprint density at radius 3 is 2.44 bits per heavy atom. The topological polar surface area (TPSA) is 29.5 Å². The van der Waals surface area contributed by atoms with Crippen LogP contribution in [-0.2, 0) is 10.2 Å². The Bertz CT molecular complexity index is 434. The molecule has 0 spiro atoms. The zero-order chi connectivity index (χ0) is 13.2. The number of hydrogen-bond acceptors (Lipinski definition) is 2. The highest BCUT2D eigenvalue weighted by Crippen LogP contribution is 2.33. The molecule has 18 heavy (non-hydrogen) atoms. The highest BCUT2D eigenvalue weighted by Gasteiger charge is 2.36. The van der Waals surface area contributed by atoms with Crippen LogP contribution >= 0.6 is 0 Å². The Morgan fingerprint density at radius 2 is 1.83 bits per heavy atom. The van der Waals surface area contributed by atoms with E-state index in [9.17, 15) is 4.79 Å². The number of likely N-dealkylation sites (tertiary alicyclic amines) is 1. The van der Waals surface area contributed by atoms with Gasteiger partial charge in [0.15, 0.2) is 0 Å². The van der Waals surface area contributed by atoms with Gasteiger partial charge in [0.2, 0.25) is 5.91 Å². The summed E-state index contributed by atoms with van der Waals surface area (Å²) in [7, 11) is 1.65. The van der Waals surface area contributed by atoms with E-state index in [-0.39, 0.29) is 5.91 Å².